The van der Waals surface area contributed by atoms with Gasteiger partial charge in [-0.1, -0.05) is 122 Å². The molecule has 51 heavy (non-hydrogen) atoms. The summed E-state index contributed by atoms with van der Waals surface area (Å²) in [6, 6.07) is 51.5. The number of benzene rings is 7. The van der Waals surface area contributed by atoms with Crippen LogP contribution in [0.1, 0.15) is 12.5 Å². The van der Waals surface area contributed by atoms with Gasteiger partial charge in [-0.05, 0) is 103 Å². The second-order valence-corrected chi connectivity index (χ2v) is 12.0. The van der Waals surface area contributed by atoms with E-state index in [0.29, 0.717) is 0 Å². The number of para-hydroxylation sites is 1. The Kier molecular flexibility index (Phi) is 9.53. The molecule has 0 saturated carbocycles. The van der Waals surface area contributed by atoms with Crippen LogP contribution >= 0.6 is 0 Å². The fraction of sp³-hybridized carbons (Fsp3) is 0.0208. The summed E-state index contributed by atoms with van der Waals surface area (Å²) in [7, 11) is 0. The third-order valence-corrected chi connectivity index (χ3v) is 9.16. The molecule has 0 bridgehead atoms. The van der Waals surface area contributed by atoms with Crippen LogP contribution in [0.3, 0.4) is 0 Å². The molecule has 0 radical (unpaired) electrons. The van der Waals surface area contributed by atoms with Crippen molar-refractivity contribution in [3.63, 3.8) is 0 Å². The first-order chi connectivity index (χ1) is 25.2. The molecule has 2 aromatic heterocycles. The fourth-order valence-electron chi connectivity index (χ4n) is 6.82. The van der Waals surface area contributed by atoms with Crippen LogP contribution in [-0.2, 0) is 0 Å². The van der Waals surface area contributed by atoms with Crippen LogP contribution in [0, 0.1) is 0 Å². The molecule has 7 aromatic carbocycles. The second kappa shape index (κ2) is 14.8. The Bertz CT molecular complexity index is 2640. The predicted molar refractivity (Wildman–Crippen MR) is 221 cm³/mol. The van der Waals surface area contributed by atoms with E-state index in [4.69, 9.17) is 0 Å². The lowest BCUT2D eigenvalue weighted by molar-refractivity contribution is 1.33. The molecule has 9 rings (SSSR count). The average Bonchev–Trinajstić information content (AvgIpc) is 3.21. The number of hydrogen-bond donors (Lipinski definition) is 0. The van der Waals surface area contributed by atoms with Gasteiger partial charge in [0.25, 0.3) is 0 Å². The summed E-state index contributed by atoms with van der Waals surface area (Å²) in [5.41, 5.74) is 10.1. The Morgan fingerprint density at radius 2 is 1.14 bits per heavy atom. The third kappa shape index (κ3) is 6.41. The summed E-state index contributed by atoms with van der Waals surface area (Å²) in [6.45, 7) is 11.6. The van der Waals surface area contributed by atoms with Crippen molar-refractivity contribution in [1.82, 2.24) is 9.97 Å². The molecule has 0 saturated heterocycles. The smallest absolute Gasteiger partial charge is 0.0702 e. The topological polar surface area (TPSA) is 38.1 Å². The minimum atomic E-state index is 0.977. The molecule has 0 aliphatic rings. The van der Waals surface area contributed by atoms with Crippen molar-refractivity contribution in [2.24, 2.45) is 4.99 Å². The van der Waals surface area contributed by atoms with E-state index < -0.39 is 0 Å². The molecular weight excluding hydrogens is 619 g/mol. The van der Waals surface area contributed by atoms with Crippen LogP contribution in [0.5, 0.6) is 0 Å². The quantitative estimate of drug-likeness (QED) is 0.105. The molecule has 0 amide bonds. The molecule has 0 spiro atoms. The van der Waals surface area contributed by atoms with Gasteiger partial charge in [0.1, 0.15) is 0 Å². The van der Waals surface area contributed by atoms with E-state index in [1.807, 2.05) is 67.9 Å². The van der Waals surface area contributed by atoms with Gasteiger partial charge in [-0.2, -0.15) is 0 Å². The molecule has 3 nitrogen and oxygen atoms in total. The molecule has 244 valence electrons. The molecule has 9 aromatic rings. The normalized spacial score (nSPS) is 11.0. The lowest BCUT2D eigenvalue weighted by Gasteiger charge is -2.17. The molecule has 0 unspecified atom stereocenters. The van der Waals surface area contributed by atoms with Crippen LogP contribution in [0.4, 0.5) is 5.69 Å². The average molecular weight is 656 g/mol. The van der Waals surface area contributed by atoms with Gasteiger partial charge in [0, 0.05) is 29.6 Å². The zero-order valence-electron chi connectivity index (χ0n) is 28.6. The highest BCUT2D eigenvalue weighted by molar-refractivity contribution is 6.27. The Balaban J connectivity index is 0.000000268. The van der Waals surface area contributed by atoms with Crippen LogP contribution < -0.4 is 0 Å². The van der Waals surface area contributed by atoms with Gasteiger partial charge in [-0.3, -0.25) is 15.0 Å². The molecule has 0 atom stereocenters. The summed E-state index contributed by atoms with van der Waals surface area (Å²) in [4.78, 5) is 13.2. The zero-order chi connectivity index (χ0) is 35.2. The van der Waals surface area contributed by atoms with E-state index >= 15 is 0 Å². The van der Waals surface area contributed by atoms with Gasteiger partial charge >= 0.3 is 0 Å². The number of fused-ring (bicyclic) bond motifs is 1. The van der Waals surface area contributed by atoms with E-state index in [0.717, 1.165) is 33.4 Å². The first-order valence-corrected chi connectivity index (χ1v) is 17.0. The molecular formula is C48H37N3. The Morgan fingerprint density at radius 1 is 0.529 bits per heavy atom. The summed E-state index contributed by atoms with van der Waals surface area (Å²) >= 11 is 0. The summed E-state index contributed by atoms with van der Waals surface area (Å²) in [5.74, 6) is 0. The number of hydrogen-bond acceptors (Lipinski definition) is 3. The van der Waals surface area contributed by atoms with Crippen molar-refractivity contribution in [2.75, 3.05) is 0 Å². The Hall–Kier alpha value is -6.71. The lowest BCUT2D eigenvalue weighted by atomic mass is 9.87. The summed E-state index contributed by atoms with van der Waals surface area (Å²) < 4.78 is 0. The van der Waals surface area contributed by atoms with Gasteiger partial charge in [-0.15, -0.1) is 13.2 Å². The maximum atomic E-state index is 4.50. The van der Waals surface area contributed by atoms with Crippen LogP contribution in [0.25, 0.3) is 82.8 Å². The Morgan fingerprint density at radius 3 is 1.80 bits per heavy atom. The van der Waals surface area contributed by atoms with E-state index in [9.17, 15) is 0 Å². The summed E-state index contributed by atoms with van der Waals surface area (Å²) in [5, 5.41) is 8.93. The van der Waals surface area contributed by atoms with Crippen molar-refractivity contribution < 1.29 is 0 Å². The van der Waals surface area contributed by atoms with Gasteiger partial charge in [-0.25, -0.2) is 0 Å². The monoisotopic (exact) mass is 655 g/mol. The second-order valence-electron chi connectivity index (χ2n) is 12.0. The van der Waals surface area contributed by atoms with Gasteiger partial charge in [0.05, 0.1) is 16.9 Å². The van der Waals surface area contributed by atoms with E-state index in [2.05, 4.69) is 138 Å². The van der Waals surface area contributed by atoms with Crippen LogP contribution in [-0.4, -0.2) is 16.2 Å². The number of nitrogens with zero attached hydrogens (tertiary/aromatic N) is 3. The van der Waals surface area contributed by atoms with Gasteiger partial charge in [0.15, 0.2) is 0 Å². The maximum Gasteiger partial charge on any atom is 0.0702 e. The van der Waals surface area contributed by atoms with Crippen molar-refractivity contribution in [3.05, 3.63) is 183 Å². The van der Waals surface area contributed by atoms with E-state index in [1.54, 1.807) is 6.21 Å². The van der Waals surface area contributed by atoms with E-state index in [-0.39, 0.29) is 0 Å². The molecule has 3 heteroatoms. The number of aromatic nitrogens is 2. The minimum Gasteiger partial charge on any atom is -0.261 e. The number of aliphatic imine (C=N–C) groups is 1. The standard InChI is InChI=1S/C36H22N2.C10H11N.C2H4/c1-2-20-37-33(5-1)24-8-6-23(7-9-24)29-15-10-25-13-18-32-30(16-11-26-12-17-31(29)35(25)36(26)32)27-14-19-34-28(22-27)4-3-21-38-34;1-3-9-7-5-6-8-10(9)11-4-2;1-2/h1-22H;3-8H,1H2,2H3;1-2H2. The fourth-order valence-corrected chi connectivity index (χ4v) is 6.82. The van der Waals surface area contributed by atoms with Crippen LogP contribution in [0.15, 0.2) is 183 Å². The van der Waals surface area contributed by atoms with Gasteiger partial charge < -0.3 is 0 Å². The van der Waals surface area contributed by atoms with Crippen molar-refractivity contribution in [2.45, 2.75) is 6.92 Å². The number of rotatable bonds is 5. The van der Waals surface area contributed by atoms with Crippen molar-refractivity contribution in [3.8, 4) is 33.5 Å². The van der Waals surface area contributed by atoms with Crippen LogP contribution in [0.2, 0.25) is 0 Å². The Labute approximate surface area is 299 Å². The van der Waals surface area contributed by atoms with E-state index in [1.165, 1.54) is 54.6 Å². The predicted octanol–water partition coefficient (Wildman–Crippen LogP) is 13.4. The molecule has 0 aliphatic carbocycles. The van der Waals surface area contributed by atoms with Crippen molar-refractivity contribution in [1.29, 1.82) is 0 Å². The number of pyridine rings is 2. The largest absolute Gasteiger partial charge is 0.261 e. The molecule has 0 fully saturated rings. The molecule has 2 heterocycles. The van der Waals surface area contributed by atoms with Crippen molar-refractivity contribution >= 4 is 61.2 Å². The lowest BCUT2D eigenvalue weighted by Crippen LogP contribution is -1.90. The molecule has 0 aliphatic heterocycles. The minimum absolute atomic E-state index is 0.977. The molecule has 0 N–H and O–H groups in total. The van der Waals surface area contributed by atoms with Gasteiger partial charge in [0.2, 0.25) is 0 Å². The summed E-state index contributed by atoms with van der Waals surface area (Å²) in [6.07, 6.45) is 7.28. The highest BCUT2D eigenvalue weighted by Gasteiger charge is 2.15. The maximum absolute atomic E-state index is 4.50. The first-order valence-electron chi connectivity index (χ1n) is 17.0. The third-order valence-electron chi connectivity index (χ3n) is 9.16. The highest BCUT2D eigenvalue weighted by atomic mass is 14.7. The highest BCUT2D eigenvalue weighted by Crippen LogP contribution is 2.42. The SMILES string of the molecule is C=C.C=Cc1ccccc1N=CC.c1ccc(-c2ccc(-c3ccc4ccc5c(-c6ccc7ncccc7c6)ccc6ccc3c4c65)cc2)nc1. The first kappa shape index (κ1) is 32.8. The zero-order valence-corrected chi connectivity index (χ0v) is 28.6.